The fourth-order valence-corrected chi connectivity index (χ4v) is 4.59. The van der Waals surface area contributed by atoms with Gasteiger partial charge in [0.1, 0.15) is 24.1 Å². The van der Waals surface area contributed by atoms with Crippen molar-refractivity contribution in [2.75, 3.05) is 38.2 Å². The first-order valence-electron chi connectivity index (χ1n) is 10.1. The molecule has 1 N–H and O–H groups in total. The van der Waals surface area contributed by atoms with Crippen molar-refractivity contribution in [3.05, 3.63) is 35.9 Å². The number of anilines is 2. The molecule has 2 aromatic rings. The number of rotatable bonds is 6. The first-order chi connectivity index (χ1) is 15.6. The van der Waals surface area contributed by atoms with Crippen LogP contribution in [0.15, 0.2) is 29.4 Å². The number of aromatic nitrogens is 2. The smallest absolute Gasteiger partial charge is 0.401 e. The van der Waals surface area contributed by atoms with Crippen molar-refractivity contribution in [2.24, 2.45) is 11.8 Å². The Bertz CT molecular complexity index is 1030. The second-order valence-electron chi connectivity index (χ2n) is 8.10. The maximum atomic E-state index is 14.3. The van der Waals surface area contributed by atoms with Gasteiger partial charge in [0.15, 0.2) is 0 Å². The van der Waals surface area contributed by atoms with Gasteiger partial charge in [-0.05, 0) is 36.2 Å². The molecule has 0 amide bonds. The molecule has 2 bridgehead atoms. The number of nitrogens with one attached hydrogen (secondary N) is 1. The average molecular weight is 489 g/mol. The zero-order valence-corrected chi connectivity index (χ0v) is 18.3. The topological polar surface area (TPSA) is 99.6 Å². The lowest BCUT2D eigenvalue weighted by molar-refractivity contribution is -0.172. The number of halogens is 4. The van der Waals surface area contributed by atoms with Gasteiger partial charge in [-0.25, -0.2) is 14.4 Å². The number of ether oxygens (including phenoxy) is 2. The normalized spacial score (nSPS) is 24.4. The molecule has 4 rings (SSSR count). The minimum Gasteiger partial charge on any atom is -0.768 e. The third kappa shape index (κ3) is 5.60. The summed E-state index contributed by atoms with van der Waals surface area (Å²) in [6, 6.07) is 3.41. The monoisotopic (exact) mass is 489 g/mol. The number of fused-ring (bicyclic) bond motifs is 2. The first-order valence-corrected chi connectivity index (χ1v) is 11.2. The van der Waals surface area contributed by atoms with Gasteiger partial charge in [-0.1, -0.05) is 0 Å². The number of hydrogen-bond acceptors (Lipinski definition) is 8. The molecule has 8 nitrogen and oxygen atoms in total. The summed E-state index contributed by atoms with van der Waals surface area (Å²) in [5.74, 6) is -0.810. The van der Waals surface area contributed by atoms with Gasteiger partial charge >= 0.3 is 6.18 Å². The van der Waals surface area contributed by atoms with E-state index in [1.807, 2.05) is 0 Å². The maximum absolute atomic E-state index is 14.3. The molecule has 33 heavy (non-hydrogen) atoms. The lowest BCUT2D eigenvalue weighted by atomic mass is 9.84. The van der Waals surface area contributed by atoms with Crippen LogP contribution in [0.4, 0.5) is 29.1 Å². The Balaban J connectivity index is 1.50. The zero-order chi connectivity index (χ0) is 23.8. The van der Waals surface area contributed by atoms with Crippen molar-refractivity contribution in [1.29, 1.82) is 0 Å². The molecule has 0 saturated carbocycles. The summed E-state index contributed by atoms with van der Waals surface area (Å²) in [6.45, 7) is 1.63. The van der Waals surface area contributed by atoms with E-state index in [-0.39, 0.29) is 66.5 Å². The largest absolute Gasteiger partial charge is 0.768 e. The predicted octanol–water partition coefficient (Wildman–Crippen LogP) is 2.79. The minimum absolute atomic E-state index is 0.0164. The molecule has 2 fully saturated rings. The number of piperidine rings is 1. The van der Waals surface area contributed by atoms with Gasteiger partial charge in [0.2, 0.25) is 5.88 Å². The molecule has 13 heteroatoms. The van der Waals surface area contributed by atoms with Crippen LogP contribution in [0.25, 0.3) is 0 Å². The van der Waals surface area contributed by atoms with E-state index in [9.17, 15) is 26.3 Å². The van der Waals surface area contributed by atoms with Gasteiger partial charge < -0.3 is 19.3 Å². The van der Waals surface area contributed by atoms with Crippen molar-refractivity contribution in [1.82, 2.24) is 14.9 Å². The van der Waals surface area contributed by atoms with Crippen LogP contribution in [0.3, 0.4) is 0 Å². The molecule has 2 saturated heterocycles. The van der Waals surface area contributed by atoms with Crippen LogP contribution in [0.5, 0.6) is 5.88 Å². The Morgan fingerprint density at radius 2 is 1.97 bits per heavy atom. The Hall–Kier alpha value is -2.35. The maximum Gasteiger partial charge on any atom is 0.401 e. The Kier molecular flexibility index (Phi) is 6.84. The molecule has 2 aliphatic rings. The van der Waals surface area contributed by atoms with Crippen LogP contribution in [0.1, 0.15) is 5.56 Å². The molecular formula is C20H21F4N4O4S-. The van der Waals surface area contributed by atoms with E-state index in [1.165, 1.54) is 23.4 Å². The summed E-state index contributed by atoms with van der Waals surface area (Å²) in [7, 11) is 0. The molecule has 3 heterocycles. The zero-order valence-electron chi connectivity index (χ0n) is 17.5. The van der Waals surface area contributed by atoms with E-state index in [0.717, 1.165) is 6.07 Å². The highest BCUT2D eigenvalue weighted by atomic mass is 32.2. The summed E-state index contributed by atoms with van der Waals surface area (Å²) in [4.78, 5) is 9.45. The van der Waals surface area contributed by atoms with Crippen LogP contribution < -0.4 is 10.1 Å². The van der Waals surface area contributed by atoms with Crippen molar-refractivity contribution in [2.45, 2.75) is 24.1 Å². The van der Waals surface area contributed by atoms with E-state index >= 15 is 0 Å². The van der Waals surface area contributed by atoms with Crippen molar-refractivity contribution in [3.63, 3.8) is 0 Å². The highest BCUT2D eigenvalue weighted by Gasteiger charge is 2.45. The average Bonchev–Trinajstić information content (AvgIpc) is 2.71. The summed E-state index contributed by atoms with van der Waals surface area (Å²) in [5, 5.41) is 2.80. The Morgan fingerprint density at radius 3 is 2.58 bits per heavy atom. The molecule has 2 aliphatic heterocycles. The van der Waals surface area contributed by atoms with Crippen LogP contribution in [0.2, 0.25) is 0 Å². The Labute approximate surface area is 189 Å². The third-order valence-electron chi connectivity index (χ3n) is 5.65. The van der Waals surface area contributed by atoms with Gasteiger partial charge in [-0.15, -0.1) is 0 Å². The van der Waals surface area contributed by atoms with Crippen LogP contribution in [-0.2, 0) is 15.8 Å². The minimum atomic E-state index is -4.27. The van der Waals surface area contributed by atoms with E-state index in [0.29, 0.717) is 5.56 Å². The standard InChI is InChI=1S/C20H22F4N4O4S/c1-11-18(27-16-3-2-14(33(29)30)4-15(16)21)25-10-26-19(11)32-17-12-5-28(9-20(22,23)24)6-13(17)8-31-7-12/h2-4,10,12-13,17H,5-9H2,1H3,(H,29,30)(H,25,26,27)/p-1. The SMILES string of the molecule is Cc1c(Nc2ccc(S(=O)[O-])cc2F)ncnc1OC1C2COCC1CN(CC(F)(F)F)C2. The second-order valence-corrected chi connectivity index (χ2v) is 9.04. The second kappa shape index (κ2) is 9.49. The Morgan fingerprint density at radius 1 is 1.27 bits per heavy atom. The number of nitrogens with zero attached hydrogens (tertiary/aromatic N) is 3. The predicted molar refractivity (Wildman–Crippen MR) is 108 cm³/mol. The summed E-state index contributed by atoms with van der Waals surface area (Å²) in [5.41, 5.74) is 0.493. The molecule has 3 unspecified atom stereocenters. The van der Waals surface area contributed by atoms with Gasteiger partial charge in [0.05, 0.1) is 31.0 Å². The molecule has 180 valence electrons. The quantitative estimate of drug-likeness (QED) is 0.489. The molecular weight excluding hydrogens is 468 g/mol. The van der Waals surface area contributed by atoms with Crippen LogP contribution >= 0.6 is 0 Å². The highest BCUT2D eigenvalue weighted by molar-refractivity contribution is 7.79. The molecule has 1 aromatic heterocycles. The lowest BCUT2D eigenvalue weighted by Gasteiger charge is -2.46. The van der Waals surface area contributed by atoms with E-state index in [2.05, 4.69) is 15.3 Å². The van der Waals surface area contributed by atoms with Crippen LogP contribution in [0, 0.1) is 24.6 Å². The number of benzene rings is 1. The number of alkyl halides is 3. The lowest BCUT2D eigenvalue weighted by Crippen LogP contribution is -2.58. The molecule has 0 aliphatic carbocycles. The number of likely N-dealkylation sites (tertiary alicyclic amines) is 1. The molecule has 0 radical (unpaired) electrons. The summed E-state index contributed by atoms with van der Waals surface area (Å²) >= 11 is -2.56. The van der Waals surface area contributed by atoms with Gasteiger partial charge in [0.25, 0.3) is 0 Å². The van der Waals surface area contributed by atoms with Gasteiger partial charge in [-0.2, -0.15) is 13.2 Å². The summed E-state index contributed by atoms with van der Waals surface area (Å²) < 4.78 is 86.5. The van der Waals surface area contributed by atoms with E-state index in [1.54, 1.807) is 6.92 Å². The van der Waals surface area contributed by atoms with E-state index in [4.69, 9.17) is 9.47 Å². The van der Waals surface area contributed by atoms with E-state index < -0.39 is 29.6 Å². The molecule has 1 aromatic carbocycles. The molecule has 3 atom stereocenters. The van der Waals surface area contributed by atoms with Gasteiger partial charge in [-0.3, -0.25) is 9.11 Å². The highest BCUT2D eigenvalue weighted by Crippen LogP contribution is 2.34. The first kappa shape index (κ1) is 23.8. The van der Waals surface area contributed by atoms with Crippen molar-refractivity contribution >= 4 is 22.6 Å². The fourth-order valence-electron chi connectivity index (χ4n) is 4.21. The third-order valence-corrected chi connectivity index (χ3v) is 6.29. The van der Waals surface area contributed by atoms with Gasteiger partial charge in [0, 0.05) is 29.8 Å². The number of hydrogen-bond donors (Lipinski definition) is 1. The van der Waals surface area contributed by atoms with Crippen molar-refractivity contribution in [3.8, 4) is 5.88 Å². The van der Waals surface area contributed by atoms with Crippen molar-refractivity contribution < 1.29 is 35.8 Å². The molecule has 0 spiro atoms. The summed E-state index contributed by atoms with van der Waals surface area (Å²) in [6.07, 6.45) is -3.43. The fraction of sp³-hybridized carbons (Fsp3) is 0.500. The van der Waals surface area contributed by atoms with Crippen LogP contribution in [-0.4, -0.2) is 68.8 Å².